The minimum Gasteiger partial charge on any atom is -0.398 e. The minimum absolute atomic E-state index is 0.107. The van der Waals surface area contributed by atoms with Crippen LogP contribution in [0.1, 0.15) is 14.5 Å². The Morgan fingerprint density at radius 3 is 2.71 bits per heavy atom. The van der Waals surface area contributed by atoms with Gasteiger partial charge in [-0.05, 0) is 53.2 Å². The molecule has 2 rings (SSSR count). The first-order chi connectivity index (χ1) is 8.06. The van der Waals surface area contributed by atoms with E-state index < -0.39 is 0 Å². The number of hydrogen-bond acceptors (Lipinski definition) is 3. The lowest BCUT2D eigenvalue weighted by molar-refractivity contribution is 0.103. The molecule has 2 aromatic rings. The molecule has 0 atom stereocenters. The molecule has 0 unspecified atom stereocenters. The molecule has 88 valence electrons. The molecule has 1 aromatic heterocycles. The second kappa shape index (κ2) is 4.89. The van der Waals surface area contributed by atoms with E-state index in [1.54, 1.807) is 12.1 Å². The summed E-state index contributed by atoms with van der Waals surface area (Å²) >= 11 is 4.78. The predicted octanol–water partition coefficient (Wildman–Crippen LogP) is 3.65. The highest BCUT2D eigenvalue weighted by atomic mass is 79.9. The number of carbonyl (C=O) groups is 1. The zero-order valence-electron chi connectivity index (χ0n) is 9.16. The van der Waals surface area contributed by atoms with Crippen LogP contribution >= 0.6 is 27.3 Å². The van der Waals surface area contributed by atoms with Crippen molar-refractivity contribution in [2.45, 2.75) is 6.92 Å². The summed E-state index contributed by atoms with van der Waals surface area (Å²) in [4.78, 5) is 13.7. The second-order valence-electron chi connectivity index (χ2n) is 3.60. The lowest BCUT2D eigenvalue weighted by Crippen LogP contribution is -2.10. The van der Waals surface area contributed by atoms with E-state index in [4.69, 9.17) is 5.73 Å². The number of nitrogen functional groups attached to an aromatic ring is 1. The monoisotopic (exact) mass is 310 g/mol. The zero-order valence-corrected chi connectivity index (χ0v) is 11.6. The predicted molar refractivity (Wildman–Crippen MR) is 75.6 cm³/mol. The van der Waals surface area contributed by atoms with Gasteiger partial charge in [-0.15, -0.1) is 11.3 Å². The number of rotatable bonds is 2. The molecule has 0 aliphatic heterocycles. The topological polar surface area (TPSA) is 55.1 Å². The lowest BCUT2D eigenvalue weighted by atomic mass is 10.3. The highest BCUT2D eigenvalue weighted by Crippen LogP contribution is 2.24. The van der Waals surface area contributed by atoms with Crippen molar-refractivity contribution in [3.05, 3.63) is 44.6 Å². The fourth-order valence-electron chi connectivity index (χ4n) is 1.37. The summed E-state index contributed by atoms with van der Waals surface area (Å²) in [5, 5.41) is 2.81. The largest absolute Gasteiger partial charge is 0.398 e. The molecule has 3 N–H and O–H groups in total. The molecule has 17 heavy (non-hydrogen) atoms. The van der Waals surface area contributed by atoms with E-state index in [2.05, 4.69) is 21.2 Å². The smallest absolute Gasteiger partial charge is 0.265 e. The third-order valence-electron chi connectivity index (χ3n) is 2.22. The highest BCUT2D eigenvalue weighted by Gasteiger charge is 2.08. The van der Waals surface area contributed by atoms with Crippen molar-refractivity contribution in [2.24, 2.45) is 0 Å². The number of thiophene rings is 1. The second-order valence-corrected chi connectivity index (χ2v) is 5.74. The van der Waals surface area contributed by atoms with Crippen molar-refractivity contribution < 1.29 is 4.79 Å². The van der Waals surface area contributed by atoms with Crippen LogP contribution in [0.3, 0.4) is 0 Å². The summed E-state index contributed by atoms with van der Waals surface area (Å²) in [6.45, 7) is 1.97. The molecular formula is C12H11BrN2OS. The average Bonchev–Trinajstić information content (AvgIpc) is 2.70. The van der Waals surface area contributed by atoms with Crippen LogP contribution in [-0.4, -0.2) is 5.91 Å². The Kier molecular flexibility index (Phi) is 3.49. The molecule has 0 saturated heterocycles. The minimum atomic E-state index is -0.107. The van der Waals surface area contributed by atoms with Gasteiger partial charge in [0.05, 0.1) is 4.88 Å². The maximum absolute atomic E-state index is 11.9. The molecule has 0 fully saturated rings. The molecule has 0 aliphatic carbocycles. The summed E-state index contributed by atoms with van der Waals surface area (Å²) in [6, 6.07) is 9.08. The normalized spacial score (nSPS) is 10.2. The molecule has 0 spiro atoms. The number of aryl methyl sites for hydroxylation is 1. The Labute approximate surface area is 112 Å². The zero-order chi connectivity index (χ0) is 12.4. The van der Waals surface area contributed by atoms with Crippen LogP contribution in [0.5, 0.6) is 0 Å². The van der Waals surface area contributed by atoms with Gasteiger partial charge in [0.25, 0.3) is 5.91 Å². The highest BCUT2D eigenvalue weighted by molar-refractivity contribution is 9.10. The van der Waals surface area contributed by atoms with Gasteiger partial charge >= 0.3 is 0 Å². The van der Waals surface area contributed by atoms with E-state index in [9.17, 15) is 4.79 Å². The lowest BCUT2D eigenvalue weighted by Gasteiger charge is -2.05. The van der Waals surface area contributed by atoms with Gasteiger partial charge in [-0.1, -0.05) is 0 Å². The third-order valence-corrected chi connectivity index (χ3v) is 3.94. The van der Waals surface area contributed by atoms with E-state index in [1.165, 1.54) is 11.3 Å². The molecule has 1 aromatic carbocycles. The van der Waals surface area contributed by atoms with Gasteiger partial charge in [0.2, 0.25) is 0 Å². The molecule has 1 heterocycles. The molecule has 1 amide bonds. The van der Waals surface area contributed by atoms with Crippen LogP contribution in [0.15, 0.2) is 34.8 Å². The Morgan fingerprint density at radius 1 is 1.35 bits per heavy atom. The molecule has 0 bridgehead atoms. The van der Waals surface area contributed by atoms with Crippen LogP contribution in [0.25, 0.3) is 0 Å². The molecule has 0 saturated carbocycles. The van der Waals surface area contributed by atoms with Crippen molar-refractivity contribution >= 4 is 44.5 Å². The van der Waals surface area contributed by atoms with Gasteiger partial charge in [-0.3, -0.25) is 4.79 Å². The van der Waals surface area contributed by atoms with Crippen molar-refractivity contribution in [1.82, 2.24) is 0 Å². The number of carbonyl (C=O) groups excluding carboxylic acids is 1. The van der Waals surface area contributed by atoms with Gasteiger partial charge in [-0.2, -0.15) is 0 Å². The maximum atomic E-state index is 11.9. The number of benzene rings is 1. The Morgan fingerprint density at radius 2 is 2.12 bits per heavy atom. The van der Waals surface area contributed by atoms with Crippen LogP contribution in [0.2, 0.25) is 0 Å². The molecular weight excluding hydrogens is 300 g/mol. The number of halogens is 1. The van der Waals surface area contributed by atoms with Gasteiger partial charge in [0.1, 0.15) is 0 Å². The summed E-state index contributed by atoms with van der Waals surface area (Å²) in [5.74, 6) is -0.107. The van der Waals surface area contributed by atoms with E-state index >= 15 is 0 Å². The Bertz CT molecular complexity index is 565. The summed E-state index contributed by atoms with van der Waals surface area (Å²) < 4.78 is 0.822. The average molecular weight is 311 g/mol. The van der Waals surface area contributed by atoms with Crippen molar-refractivity contribution in [1.29, 1.82) is 0 Å². The standard InChI is InChI=1S/C12H11BrN2OS/c1-7-2-5-11(17-7)12(16)15-8-3-4-9(13)10(14)6-8/h2-6H,14H2,1H3,(H,15,16). The maximum Gasteiger partial charge on any atom is 0.265 e. The SMILES string of the molecule is Cc1ccc(C(=O)Nc2ccc(Br)c(N)c2)s1. The summed E-state index contributed by atoms with van der Waals surface area (Å²) in [6.07, 6.45) is 0. The van der Waals surface area contributed by atoms with E-state index in [0.717, 1.165) is 9.35 Å². The first kappa shape index (κ1) is 12.1. The first-order valence-electron chi connectivity index (χ1n) is 4.99. The molecule has 0 aliphatic rings. The first-order valence-corrected chi connectivity index (χ1v) is 6.60. The number of nitrogens with two attached hydrogens (primary N) is 1. The summed E-state index contributed by atoms with van der Waals surface area (Å²) in [5.41, 5.74) is 7.04. The van der Waals surface area contributed by atoms with Gasteiger partial charge in [0.15, 0.2) is 0 Å². The van der Waals surface area contributed by atoms with E-state index in [1.807, 2.05) is 25.1 Å². The third kappa shape index (κ3) is 2.87. The number of hydrogen-bond donors (Lipinski definition) is 2. The van der Waals surface area contributed by atoms with Crippen LogP contribution < -0.4 is 11.1 Å². The number of amides is 1. The fourth-order valence-corrected chi connectivity index (χ4v) is 2.38. The Hall–Kier alpha value is -1.33. The number of anilines is 2. The quantitative estimate of drug-likeness (QED) is 0.832. The molecule has 5 heteroatoms. The van der Waals surface area contributed by atoms with Gasteiger partial charge in [-0.25, -0.2) is 0 Å². The molecule has 3 nitrogen and oxygen atoms in total. The van der Waals surface area contributed by atoms with Gasteiger partial charge < -0.3 is 11.1 Å². The fraction of sp³-hybridized carbons (Fsp3) is 0.0833. The molecule has 0 radical (unpaired) electrons. The number of nitrogens with one attached hydrogen (secondary N) is 1. The van der Waals surface area contributed by atoms with Crippen LogP contribution in [0, 0.1) is 6.92 Å². The van der Waals surface area contributed by atoms with Crippen molar-refractivity contribution in [3.8, 4) is 0 Å². The van der Waals surface area contributed by atoms with E-state index in [-0.39, 0.29) is 5.91 Å². The van der Waals surface area contributed by atoms with E-state index in [0.29, 0.717) is 16.3 Å². The van der Waals surface area contributed by atoms with Crippen LogP contribution in [0.4, 0.5) is 11.4 Å². The van der Waals surface area contributed by atoms with Crippen molar-refractivity contribution in [2.75, 3.05) is 11.1 Å². The van der Waals surface area contributed by atoms with Gasteiger partial charge in [0, 0.05) is 20.7 Å². The summed E-state index contributed by atoms with van der Waals surface area (Å²) in [7, 11) is 0. The van der Waals surface area contributed by atoms with Crippen molar-refractivity contribution in [3.63, 3.8) is 0 Å². The Balaban J connectivity index is 2.15. The van der Waals surface area contributed by atoms with Crippen LogP contribution in [-0.2, 0) is 0 Å².